The van der Waals surface area contributed by atoms with E-state index in [0.717, 1.165) is 5.41 Å². The largest absolute Gasteiger partial charge is 0.319 e. The molecule has 1 heteroatoms. The molecule has 0 saturated heterocycles. The van der Waals surface area contributed by atoms with Crippen LogP contribution in [0.4, 0.5) is 0 Å². The van der Waals surface area contributed by atoms with E-state index in [9.17, 15) is 0 Å². The van der Waals surface area contributed by atoms with Gasteiger partial charge in [-0.05, 0) is 56.4 Å². The SMILES string of the molecule is CCC12CCC(CNC)(CC1)CC2. The summed E-state index contributed by atoms with van der Waals surface area (Å²) >= 11 is 0. The van der Waals surface area contributed by atoms with Crippen LogP contribution in [0.3, 0.4) is 0 Å². The first-order chi connectivity index (χ1) is 6.24. The van der Waals surface area contributed by atoms with E-state index in [4.69, 9.17) is 0 Å². The Morgan fingerprint density at radius 3 is 1.77 bits per heavy atom. The Morgan fingerprint density at radius 2 is 1.38 bits per heavy atom. The molecule has 0 radical (unpaired) electrons. The molecule has 13 heavy (non-hydrogen) atoms. The zero-order valence-corrected chi connectivity index (χ0v) is 9.16. The molecule has 0 atom stereocenters. The molecule has 3 fully saturated rings. The van der Waals surface area contributed by atoms with Gasteiger partial charge in [-0.1, -0.05) is 13.3 Å². The van der Waals surface area contributed by atoms with Gasteiger partial charge in [0.05, 0.1) is 0 Å². The number of fused-ring (bicyclic) bond motifs is 3. The quantitative estimate of drug-likeness (QED) is 0.706. The maximum Gasteiger partial charge on any atom is 0.000481 e. The average molecular weight is 181 g/mol. The molecule has 1 nitrogen and oxygen atoms in total. The lowest BCUT2D eigenvalue weighted by atomic mass is 9.53. The van der Waals surface area contributed by atoms with Crippen molar-refractivity contribution in [1.82, 2.24) is 5.32 Å². The second-order valence-electron chi connectivity index (χ2n) is 5.38. The summed E-state index contributed by atoms with van der Waals surface area (Å²) in [7, 11) is 2.10. The van der Waals surface area contributed by atoms with Gasteiger partial charge in [0, 0.05) is 6.54 Å². The second-order valence-corrected chi connectivity index (χ2v) is 5.38. The predicted octanol–water partition coefficient (Wildman–Crippen LogP) is 2.96. The van der Waals surface area contributed by atoms with Gasteiger partial charge in [0.15, 0.2) is 0 Å². The fourth-order valence-electron chi connectivity index (χ4n) is 3.51. The van der Waals surface area contributed by atoms with Gasteiger partial charge in [0.1, 0.15) is 0 Å². The zero-order valence-electron chi connectivity index (χ0n) is 9.16. The minimum absolute atomic E-state index is 0.700. The van der Waals surface area contributed by atoms with Crippen LogP contribution in [0.1, 0.15) is 51.9 Å². The van der Waals surface area contributed by atoms with E-state index in [-0.39, 0.29) is 0 Å². The van der Waals surface area contributed by atoms with Crippen molar-refractivity contribution in [3.8, 4) is 0 Å². The van der Waals surface area contributed by atoms with E-state index >= 15 is 0 Å². The highest BCUT2D eigenvalue weighted by Gasteiger charge is 2.46. The Morgan fingerprint density at radius 1 is 0.923 bits per heavy atom. The molecule has 3 aliphatic carbocycles. The molecule has 0 aromatic carbocycles. The van der Waals surface area contributed by atoms with Gasteiger partial charge in [-0.3, -0.25) is 0 Å². The first-order valence-electron chi connectivity index (χ1n) is 5.89. The van der Waals surface area contributed by atoms with E-state index in [0.29, 0.717) is 5.41 Å². The highest BCUT2D eigenvalue weighted by atomic mass is 14.8. The number of nitrogens with one attached hydrogen (secondary N) is 1. The monoisotopic (exact) mass is 181 g/mol. The summed E-state index contributed by atoms with van der Waals surface area (Å²) in [6.45, 7) is 3.64. The van der Waals surface area contributed by atoms with Gasteiger partial charge < -0.3 is 5.32 Å². The van der Waals surface area contributed by atoms with Crippen LogP contribution in [-0.4, -0.2) is 13.6 Å². The lowest BCUT2D eigenvalue weighted by Crippen LogP contribution is -2.45. The van der Waals surface area contributed by atoms with Crippen molar-refractivity contribution in [2.24, 2.45) is 10.8 Å². The lowest BCUT2D eigenvalue weighted by Gasteiger charge is -2.53. The average Bonchev–Trinajstić information content (AvgIpc) is 2.21. The Kier molecular flexibility index (Phi) is 2.39. The first-order valence-corrected chi connectivity index (χ1v) is 5.89. The molecular formula is C12H23N. The normalized spacial score (nSPS) is 43.8. The molecule has 0 aromatic rings. The summed E-state index contributed by atoms with van der Waals surface area (Å²) in [5.74, 6) is 0. The molecule has 3 aliphatic rings. The van der Waals surface area contributed by atoms with Crippen LogP contribution in [-0.2, 0) is 0 Å². The summed E-state index contributed by atoms with van der Waals surface area (Å²) in [6, 6.07) is 0. The summed E-state index contributed by atoms with van der Waals surface area (Å²) < 4.78 is 0. The molecule has 1 N–H and O–H groups in total. The molecule has 0 spiro atoms. The molecular weight excluding hydrogens is 158 g/mol. The number of rotatable bonds is 3. The van der Waals surface area contributed by atoms with Gasteiger partial charge in [-0.25, -0.2) is 0 Å². The summed E-state index contributed by atoms with van der Waals surface area (Å²) in [5, 5.41) is 3.38. The second kappa shape index (κ2) is 3.27. The third-order valence-electron chi connectivity index (χ3n) is 4.86. The smallest absolute Gasteiger partial charge is 0.000481 e. The van der Waals surface area contributed by atoms with Crippen molar-refractivity contribution in [3.05, 3.63) is 0 Å². The highest BCUT2D eigenvalue weighted by Crippen LogP contribution is 2.57. The lowest BCUT2D eigenvalue weighted by molar-refractivity contribution is -0.00935. The molecule has 2 bridgehead atoms. The fourth-order valence-corrected chi connectivity index (χ4v) is 3.51. The molecule has 0 amide bonds. The number of hydrogen-bond acceptors (Lipinski definition) is 1. The summed E-state index contributed by atoms with van der Waals surface area (Å²) in [4.78, 5) is 0. The van der Waals surface area contributed by atoms with Gasteiger partial charge in [-0.15, -0.1) is 0 Å². The zero-order chi connectivity index (χ0) is 9.36. The van der Waals surface area contributed by atoms with Crippen molar-refractivity contribution in [2.45, 2.75) is 51.9 Å². The van der Waals surface area contributed by atoms with Crippen LogP contribution < -0.4 is 5.32 Å². The summed E-state index contributed by atoms with van der Waals surface area (Å²) in [5.41, 5.74) is 1.47. The van der Waals surface area contributed by atoms with E-state index in [1.165, 1.54) is 51.5 Å². The van der Waals surface area contributed by atoms with Crippen molar-refractivity contribution >= 4 is 0 Å². The summed E-state index contributed by atoms with van der Waals surface area (Å²) in [6.07, 6.45) is 10.4. The van der Waals surface area contributed by atoms with Crippen molar-refractivity contribution in [1.29, 1.82) is 0 Å². The Bertz CT molecular complexity index is 161. The van der Waals surface area contributed by atoms with Crippen LogP contribution >= 0.6 is 0 Å². The Labute approximate surface area is 82.3 Å². The molecule has 0 aliphatic heterocycles. The van der Waals surface area contributed by atoms with Crippen molar-refractivity contribution in [3.63, 3.8) is 0 Å². The van der Waals surface area contributed by atoms with Gasteiger partial charge in [-0.2, -0.15) is 0 Å². The van der Waals surface area contributed by atoms with Crippen LogP contribution in [0, 0.1) is 10.8 Å². The van der Waals surface area contributed by atoms with E-state index in [2.05, 4.69) is 19.3 Å². The van der Waals surface area contributed by atoms with Crippen LogP contribution in [0.5, 0.6) is 0 Å². The molecule has 0 heterocycles. The third kappa shape index (κ3) is 1.52. The van der Waals surface area contributed by atoms with Crippen LogP contribution in [0.25, 0.3) is 0 Å². The topological polar surface area (TPSA) is 12.0 Å². The molecule has 76 valence electrons. The predicted molar refractivity (Wildman–Crippen MR) is 56.8 cm³/mol. The van der Waals surface area contributed by atoms with Crippen LogP contribution in [0.2, 0.25) is 0 Å². The molecule has 3 saturated carbocycles. The minimum Gasteiger partial charge on any atom is -0.319 e. The first kappa shape index (κ1) is 9.51. The fraction of sp³-hybridized carbons (Fsp3) is 1.00. The maximum atomic E-state index is 3.38. The van der Waals surface area contributed by atoms with Gasteiger partial charge in [0.25, 0.3) is 0 Å². The maximum absolute atomic E-state index is 3.38. The minimum atomic E-state index is 0.700. The van der Waals surface area contributed by atoms with E-state index in [1.807, 2.05) is 0 Å². The highest BCUT2D eigenvalue weighted by molar-refractivity contribution is 4.99. The standard InChI is InChI=1S/C12H23N/c1-3-11-4-7-12(8-5-11,9-6-11)10-13-2/h13H,3-10H2,1-2H3. The Hall–Kier alpha value is -0.0400. The number of hydrogen-bond donors (Lipinski definition) is 1. The van der Waals surface area contributed by atoms with E-state index < -0.39 is 0 Å². The molecule has 0 aromatic heterocycles. The van der Waals surface area contributed by atoms with E-state index in [1.54, 1.807) is 0 Å². The van der Waals surface area contributed by atoms with Crippen molar-refractivity contribution < 1.29 is 0 Å². The molecule has 3 rings (SSSR count). The Balaban J connectivity index is 2.03. The van der Waals surface area contributed by atoms with Gasteiger partial charge >= 0.3 is 0 Å². The third-order valence-corrected chi connectivity index (χ3v) is 4.86. The molecule has 0 unspecified atom stereocenters. The van der Waals surface area contributed by atoms with Gasteiger partial charge in [0.2, 0.25) is 0 Å². The van der Waals surface area contributed by atoms with Crippen LogP contribution in [0.15, 0.2) is 0 Å². The van der Waals surface area contributed by atoms with Crippen molar-refractivity contribution in [2.75, 3.05) is 13.6 Å².